The largest absolute Gasteiger partial charge is 0.457 e. The van der Waals surface area contributed by atoms with Gasteiger partial charge in [0.25, 0.3) is 0 Å². The SMILES string of the molecule is CCC(O)(C#Cc1ccc(Oc2ccccc2S(=O)(=O)c2ccc(Oc3cccc(Oc4ccc(S(=O)(=O)c5ccccc5Oc5cccc(C#CC(O)(CC)CC)c5)cc4)c3)cc2)cc1)CC. The molecule has 7 rings (SSSR count). The van der Waals surface area contributed by atoms with Crippen LogP contribution in [0.1, 0.15) is 64.5 Å². The third-order valence-electron chi connectivity index (χ3n) is 11.2. The van der Waals surface area contributed by atoms with Gasteiger partial charge in [0.05, 0.1) is 9.79 Å². The minimum Gasteiger partial charge on any atom is -0.457 e. The van der Waals surface area contributed by atoms with Crippen molar-refractivity contribution >= 4 is 19.7 Å². The Balaban J connectivity index is 0.995. The summed E-state index contributed by atoms with van der Waals surface area (Å²) in [7, 11) is -8.05. The van der Waals surface area contributed by atoms with Crippen molar-refractivity contribution in [2.24, 2.45) is 0 Å². The molecule has 0 unspecified atom stereocenters. The lowest BCUT2D eigenvalue weighted by Crippen LogP contribution is -2.23. The lowest BCUT2D eigenvalue weighted by molar-refractivity contribution is 0.0927. The fourth-order valence-corrected chi connectivity index (χ4v) is 9.50. The maximum absolute atomic E-state index is 13.9. The molecule has 0 aliphatic rings. The Kier molecular flexibility index (Phi) is 15.1. The van der Waals surface area contributed by atoms with Gasteiger partial charge in [-0.2, -0.15) is 0 Å². The molecule has 0 saturated heterocycles. The lowest BCUT2D eigenvalue weighted by Gasteiger charge is -2.17. The molecule has 346 valence electrons. The number of hydrogen-bond donors (Lipinski definition) is 2. The van der Waals surface area contributed by atoms with Gasteiger partial charge >= 0.3 is 0 Å². The molecule has 2 N–H and O–H groups in total. The van der Waals surface area contributed by atoms with Gasteiger partial charge in [0.2, 0.25) is 19.7 Å². The molecule has 0 radical (unpaired) electrons. The second-order valence-electron chi connectivity index (χ2n) is 15.8. The molecule has 0 fully saturated rings. The smallest absolute Gasteiger partial charge is 0.210 e. The van der Waals surface area contributed by atoms with Crippen molar-refractivity contribution in [1.29, 1.82) is 0 Å². The van der Waals surface area contributed by atoms with Gasteiger partial charge in [0, 0.05) is 17.2 Å². The Hall–Kier alpha value is -7.32. The highest BCUT2D eigenvalue weighted by Crippen LogP contribution is 2.37. The third kappa shape index (κ3) is 11.8. The maximum Gasteiger partial charge on any atom is 0.210 e. The Bertz CT molecular complexity index is 3220. The van der Waals surface area contributed by atoms with E-state index in [-0.39, 0.29) is 31.1 Å². The summed E-state index contributed by atoms with van der Waals surface area (Å²) in [6.07, 6.45) is 2.00. The van der Waals surface area contributed by atoms with Crippen LogP contribution in [0.15, 0.2) is 189 Å². The quantitative estimate of drug-likeness (QED) is 0.0898. The summed E-state index contributed by atoms with van der Waals surface area (Å²) in [6.45, 7) is 7.51. The van der Waals surface area contributed by atoms with Gasteiger partial charge in [-0.3, -0.25) is 0 Å². The predicted octanol–water partition coefficient (Wildman–Crippen LogP) is 12.3. The first-order chi connectivity index (χ1) is 32.7. The van der Waals surface area contributed by atoms with E-state index in [2.05, 4.69) is 23.7 Å². The van der Waals surface area contributed by atoms with E-state index in [1.54, 1.807) is 133 Å². The fraction of sp³-hybridized carbons (Fsp3) is 0.179. The summed E-state index contributed by atoms with van der Waals surface area (Å²) in [6, 6.07) is 45.5. The normalized spacial score (nSPS) is 11.6. The first-order valence-corrected chi connectivity index (χ1v) is 25.0. The first kappa shape index (κ1) is 48.6. The fourth-order valence-electron chi connectivity index (χ4n) is 6.74. The van der Waals surface area contributed by atoms with E-state index in [1.165, 1.54) is 36.4 Å². The van der Waals surface area contributed by atoms with Gasteiger partial charge in [-0.25, -0.2) is 16.8 Å². The van der Waals surface area contributed by atoms with Gasteiger partial charge in [0.15, 0.2) is 0 Å². The van der Waals surface area contributed by atoms with Crippen molar-refractivity contribution < 1.29 is 46.0 Å². The van der Waals surface area contributed by atoms with E-state index in [1.807, 2.05) is 27.7 Å². The van der Waals surface area contributed by atoms with Crippen LogP contribution < -0.4 is 18.9 Å². The monoisotopic (exact) mass is 946 g/mol. The van der Waals surface area contributed by atoms with Crippen molar-refractivity contribution in [2.45, 2.75) is 84.2 Å². The molecule has 0 atom stereocenters. The average Bonchev–Trinajstić information content (AvgIpc) is 3.36. The van der Waals surface area contributed by atoms with Crippen molar-refractivity contribution in [1.82, 2.24) is 0 Å². The Morgan fingerprint density at radius 2 is 0.765 bits per heavy atom. The molecule has 0 aromatic heterocycles. The molecule has 0 aliphatic heterocycles. The number of para-hydroxylation sites is 2. The standard InChI is InChI=1S/C56H50O10S2/c1-5-55(57,6-2)37-35-41-23-25-45(26-24-41)65-51-19-9-11-21-53(51)67(59,60)49-31-27-43(28-32-49)63-47-17-14-18-48(40-47)64-44-29-33-50(34-30-44)68(61,62)54-22-12-10-20-52(54)66-46-16-13-15-42(39-46)36-38-56(58,7-3)8-4/h9-34,39-40,57-58H,5-8H2,1-4H3. The molecule has 68 heavy (non-hydrogen) atoms. The van der Waals surface area contributed by atoms with Crippen LogP contribution >= 0.6 is 0 Å². The van der Waals surface area contributed by atoms with Crippen LogP contribution in [-0.2, 0) is 19.7 Å². The van der Waals surface area contributed by atoms with Crippen molar-refractivity contribution in [3.63, 3.8) is 0 Å². The summed E-state index contributed by atoms with van der Waals surface area (Å²) in [4.78, 5) is 0.0330. The van der Waals surface area contributed by atoms with Crippen molar-refractivity contribution in [3.8, 4) is 69.7 Å². The van der Waals surface area contributed by atoms with Crippen LogP contribution in [-0.4, -0.2) is 38.3 Å². The minimum atomic E-state index is -4.03. The second kappa shape index (κ2) is 21.1. The molecule has 0 heterocycles. The van der Waals surface area contributed by atoms with E-state index >= 15 is 0 Å². The molecule has 10 nitrogen and oxygen atoms in total. The number of rotatable bonds is 16. The Labute approximate surface area is 398 Å². The lowest BCUT2D eigenvalue weighted by atomic mass is 9.98. The minimum absolute atomic E-state index is 0.0123. The highest BCUT2D eigenvalue weighted by molar-refractivity contribution is 7.92. The summed E-state index contributed by atoms with van der Waals surface area (Å²) >= 11 is 0. The molecule has 0 amide bonds. The van der Waals surface area contributed by atoms with E-state index in [0.29, 0.717) is 71.3 Å². The number of ether oxygens (including phenoxy) is 4. The first-order valence-electron chi connectivity index (χ1n) is 22.1. The van der Waals surface area contributed by atoms with Gasteiger partial charge in [-0.15, -0.1) is 0 Å². The Morgan fingerprint density at radius 3 is 1.22 bits per heavy atom. The topological polar surface area (TPSA) is 146 Å². The van der Waals surface area contributed by atoms with Crippen LogP contribution in [0.4, 0.5) is 0 Å². The number of sulfone groups is 2. The summed E-state index contributed by atoms with van der Waals surface area (Å²) in [5.41, 5.74) is -0.844. The van der Waals surface area contributed by atoms with Crippen molar-refractivity contribution in [2.75, 3.05) is 0 Å². The predicted molar refractivity (Wildman–Crippen MR) is 261 cm³/mol. The second-order valence-corrected chi connectivity index (χ2v) is 19.6. The van der Waals surface area contributed by atoms with E-state index in [9.17, 15) is 27.0 Å². The molecule has 0 bridgehead atoms. The van der Waals surface area contributed by atoms with E-state index in [4.69, 9.17) is 18.9 Å². The molecular weight excluding hydrogens is 897 g/mol. The molecule has 7 aromatic carbocycles. The molecule has 0 saturated carbocycles. The molecule has 0 spiro atoms. The number of benzene rings is 7. The van der Waals surface area contributed by atoms with Crippen LogP contribution in [0.2, 0.25) is 0 Å². The summed E-state index contributed by atoms with van der Waals surface area (Å²) in [5, 5.41) is 21.1. The maximum atomic E-state index is 13.9. The number of hydrogen-bond acceptors (Lipinski definition) is 10. The Morgan fingerprint density at radius 1 is 0.397 bits per heavy atom. The van der Waals surface area contributed by atoms with Gasteiger partial charge in [0.1, 0.15) is 67.0 Å². The van der Waals surface area contributed by atoms with Gasteiger partial charge in [-0.05, 0) is 153 Å². The van der Waals surface area contributed by atoms with E-state index < -0.39 is 30.9 Å². The number of aliphatic hydroxyl groups is 2. The highest BCUT2D eigenvalue weighted by atomic mass is 32.2. The molecule has 12 heteroatoms. The highest BCUT2D eigenvalue weighted by Gasteiger charge is 2.25. The summed E-state index contributed by atoms with van der Waals surface area (Å²) in [5.74, 6) is 14.5. The molecule has 7 aromatic rings. The van der Waals surface area contributed by atoms with Crippen LogP contribution in [0.25, 0.3) is 0 Å². The third-order valence-corrected chi connectivity index (χ3v) is 14.8. The van der Waals surface area contributed by atoms with Gasteiger partial charge in [-0.1, -0.05) is 87.8 Å². The summed E-state index contributed by atoms with van der Waals surface area (Å²) < 4.78 is 79.9. The van der Waals surface area contributed by atoms with Crippen LogP contribution in [0.5, 0.6) is 46.0 Å². The van der Waals surface area contributed by atoms with Gasteiger partial charge < -0.3 is 29.2 Å². The van der Waals surface area contributed by atoms with Crippen LogP contribution in [0, 0.1) is 23.7 Å². The molecular formula is C56H50O10S2. The van der Waals surface area contributed by atoms with Crippen LogP contribution in [0.3, 0.4) is 0 Å². The zero-order chi connectivity index (χ0) is 48.4. The molecule has 0 aliphatic carbocycles. The van der Waals surface area contributed by atoms with Crippen molar-refractivity contribution in [3.05, 3.63) is 181 Å². The zero-order valence-electron chi connectivity index (χ0n) is 38.0. The zero-order valence-corrected chi connectivity index (χ0v) is 39.6. The average molecular weight is 947 g/mol. The van der Waals surface area contributed by atoms with E-state index in [0.717, 1.165) is 0 Å².